The minimum absolute atomic E-state index is 0.384. The summed E-state index contributed by atoms with van der Waals surface area (Å²) in [6, 6.07) is 0. The van der Waals surface area contributed by atoms with Crippen molar-refractivity contribution in [2.45, 2.75) is 13.1 Å². The van der Waals surface area contributed by atoms with Crippen LogP contribution in [0.1, 0.15) is 6.92 Å². The zero-order valence-corrected chi connectivity index (χ0v) is 6.71. The topological polar surface area (TPSA) is 20.3 Å². The Kier molecular flexibility index (Phi) is 2.98. The van der Waals surface area contributed by atoms with E-state index in [1.54, 1.807) is 0 Å². The van der Waals surface area contributed by atoms with Crippen LogP contribution in [0.5, 0.6) is 0 Å². The van der Waals surface area contributed by atoms with Crippen LogP contribution in [0.25, 0.3) is 0 Å². The van der Waals surface area contributed by atoms with E-state index in [0.29, 0.717) is 4.90 Å². The molecule has 11 heavy (non-hydrogen) atoms. The molecule has 1 amide bonds. The lowest BCUT2D eigenvalue weighted by atomic mass is 10.5. The van der Waals surface area contributed by atoms with Crippen molar-refractivity contribution >= 4 is 23.1 Å². The Morgan fingerprint density at radius 2 is 1.82 bits per heavy atom. The highest BCUT2D eigenvalue weighted by Gasteiger charge is 2.37. The Morgan fingerprint density at radius 1 is 1.45 bits per heavy atom. The van der Waals surface area contributed by atoms with E-state index < -0.39 is 17.1 Å². The molecular formula is C5H6F3NOS. The van der Waals surface area contributed by atoms with E-state index in [0.717, 1.165) is 14.0 Å². The van der Waals surface area contributed by atoms with Crippen LogP contribution in [-0.2, 0) is 4.79 Å². The van der Waals surface area contributed by atoms with Crippen molar-refractivity contribution in [3.63, 3.8) is 0 Å². The predicted molar refractivity (Wildman–Crippen MR) is 37.1 cm³/mol. The number of thiocarbonyl (C=S) groups is 1. The molecule has 0 aromatic heterocycles. The summed E-state index contributed by atoms with van der Waals surface area (Å²) < 4.78 is 35.2. The van der Waals surface area contributed by atoms with Gasteiger partial charge >= 0.3 is 6.18 Å². The SMILES string of the molecule is CC(=O)N(C)C(=S)C(F)(F)F. The van der Waals surface area contributed by atoms with Gasteiger partial charge in [0.05, 0.1) is 0 Å². The van der Waals surface area contributed by atoms with Crippen molar-refractivity contribution in [2.24, 2.45) is 0 Å². The van der Waals surface area contributed by atoms with Gasteiger partial charge in [0.1, 0.15) is 0 Å². The number of carbonyl (C=O) groups is 1. The summed E-state index contributed by atoms with van der Waals surface area (Å²) >= 11 is 3.97. The first-order valence-electron chi connectivity index (χ1n) is 2.62. The van der Waals surface area contributed by atoms with Crippen LogP contribution in [0.15, 0.2) is 0 Å². The maximum Gasteiger partial charge on any atom is 0.442 e. The Morgan fingerprint density at radius 3 is 1.91 bits per heavy atom. The third-order valence-corrected chi connectivity index (χ3v) is 1.52. The Balaban J connectivity index is 4.39. The molecule has 0 aromatic rings. The summed E-state index contributed by atoms with van der Waals surface area (Å²) in [5.41, 5.74) is 0. The molecule has 0 heterocycles. The molecule has 0 rings (SSSR count). The van der Waals surface area contributed by atoms with Gasteiger partial charge in [-0.1, -0.05) is 12.2 Å². The van der Waals surface area contributed by atoms with Gasteiger partial charge < -0.3 is 4.90 Å². The molecule has 0 atom stereocenters. The molecule has 0 spiro atoms. The number of nitrogens with zero attached hydrogens (tertiary/aromatic N) is 1. The molecule has 0 bridgehead atoms. The van der Waals surface area contributed by atoms with Gasteiger partial charge in [-0.25, -0.2) is 0 Å². The Hall–Kier alpha value is -0.650. The quantitative estimate of drug-likeness (QED) is 0.531. The first-order chi connectivity index (χ1) is 4.76. The molecule has 0 aliphatic carbocycles. The normalized spacial score (nSPS) is 11.0. The Bertz CT molecular complexity index is 189. The minimum atomic E-state index is -4.60. The summed E-state index contributed by atoms with van der Waals surface area (Å²) in [5.74, 6) is -0.729. The summed E-state index contributed by atoms with van der Waals surface area (Å²) in [6.07, 6.45) is -4.60. The second kappa shape index (κ2) is 3.17. The third kappa shape index (κ3) is 2.83. The van der Waals surface area contributed by atoms with Crippen molar-refractivity contribution in [1.82, 2.24) is 4.90 Å². The fraction of sp³-hybridized carbons (Fsp3) is 0.600. The smallest absolute Gasteiger partial charge is 0.302 e. The maximum atomic E-state index is 11.7. The fourth-order valence-electron chi connectivity index (χ4n) is 0.333. The summed E-state index contributed by atoms with van der Waals surface area (Å²) in [6.45, 7) is 1.01. The highest BCUT2D eigenvalue weighted by molar-refractivity contribution is 7.80. The third-order valence-electron chi connectivity index (χ3n) is 1.02. The van der Waals surface area contributed by atoms with Crippen LogP contribution in [-0.4, -0.2) is 29.0 Å². The average molecular weight is 185 g/mol. The van der Waals surface area contributed by atoms with E-state index in [4.69, 9.17) is 0 Å². The highest BCUT2D eigenvalue weighted by Crippen LogP contribution is 2.19. The molecule has 0 saturated heterocycles. The molecule has 0 radical (unpaired) electrons. The van der Waals surface area contributed by atoms with E-state index >= 15 is 0 Å². The molecule has 0 aromatic carbocycles. The maximum absolute atomic E-state index is 11.7. The lowest BCUT2D eigenvalue weighted by molar-refractivity contribution is -0.126. The van der Waals surface area contributed by atoms with E-state index in [1.807, 2.05) is 0 Å². The van der Waals surface area contributed by atoms with Gasteiger partial charge in [0.25, 0.3) is 0 Å². The average Bonchev–Trinajstić information content (AvgIpc) is 1.82. The predicted octanol–water partition coefficient (Wildman–Crippen LogP) is 1.35. The van der Waals surface area contributed by atoms with Crippen molar-refractivity contribution in [2.75, 3.05) is 7.05 Å². The number of alkyl halides is 3. The number of carbonyl (C=O) groups excluding carboxylic acids is 1. The standard InChI is InChI=1S/C5H6F3NOS/c1-3(10)9(2)4(11)5(6,7)8/h1-2H3. The second-order valence-corrected chi connectivity index (χ2v) is 2.27. The van der Waals surface area contributed by atoms with Crippen LogP contribution in [0.2, 0.25) is 0 Å². The van der Waals surface area contributed by atoms with E-state index in [-0.39, 0.29) is 0 Å². The fourth-order valence-corrected chi connectivity index (χ4v) is 0.462. The van der Waals surface area contributed by atoms with E-state index in [1.165, 1.54) is 0 Å². The largest absolute Gasteiger partial charge is 0.442 e. The van der Waals surface area contributed by atoms with Gasteiger partial charge in [-0.2, -0.15) is 13.2 Å². The van der Waals surface area contributed by atoms with Gasteiger partial charge in [0, 0.05) is 14.0 Å². The molecule has 64 valence electrons. The molecule has 0 unspecified atom stereocenters. The van der Waals surface area contributed by atoms with Crippen molar-refractivity contribution in [3.05, 3.63) is 0 Å². The van der Waals surface area contributed by atoms with Gasteiger partial charge in [-0.05, 0) is 0 Å². The summed E-state index contributed by atoms with van der Waals surface area (Å²) in [7, 11) is 0.984. The Labute approximate surface area is 67.0 Å². The number of hydrogen-bond acceptors (Lipinski definition) is 2. The zero-order chi connectivity index (χ0) is 9.23. The molecule has 0 saturated carbocycles. The number of rotatable bonds is 0. The molecule has 0 fully saturated rings. The van der Waals surface area contributed by atoms with Crippen molar-refractivity contribution in [1.29, 1.82) is 0 Å². The second-order valence-electron chi connectivity index (χ2n) is 1.88. The summed E-state index contributed by atoms with van der Waals surface area (Å²) in [4.78, 5) is 9.44. The van der Waals surface area contributed by atoms with Gasteiger partial charge in [-0.3, -0.25) is 4.79 Å². The van der Waals surface area contributed by atoms with Gasteiger partial charge in [0.15, 0.2) is 4.99 Å². The van der Waals surface area contributed by atoms with Crippen LogP contribution in [0.4, 0.5) is 13.2 Å². The number of hydrogen-bond donors (Lipinski definition) is 0. The van der Waals surface area contributed by atoms with E-state index in [9.17, 15) is 18.0 Å². The molecule has 2 nitrogen and oxygen atoms in total. The van der Waals surface area contributed by atoms with Crippen LogP contribution in [0.3, 0.4) is 0 Å². The number of halogens is 3. The molecular weight excluding hydrogens is 179 g/mol. The van der Waals surface area contributed by atoms with Crippen LogP contribution < -0.4 is 0 Å². The lowest BCUT2D eigenvalue weighted by Gasteiger charge is -2.17. The molecule has 0 aliphatic heterocycles. The molecule has 0 N–H and O–H groups in total. The molecule has 0 aliphatic rings. The first-order valence-corrected chi connectivity index (χ1v) is 3.03. The molecule has 6 heteroatoms. The van der Waals surface area contributed by atoms with E-state index in [2.05, 4.69) is 12.2 Å². The lowest BCUT2D eigenvalue weighted by Crippen LogP contribution is -2.39. The monoisotopic (exact) mass is 185 g/mol. The zero-order valence-electron chi connectivity index (χ0n) is 5.90. The summed E-state index contributed by atoms with van der Waals surface area (Å²) in [5, 5.41) is 0. The van der Waals surface area contributed by atoms with Gasteiger partial charge in [-0.15, -0.1) is 0 Å². The van der Waals surface area contributed by atoms with Crippen molar-refractivity contribution < 1.29 is 18.0 Å². The number of amides is 1. The highest BCUT2D eigenvalue weighted by atomic mass is 32.1. The van der Waals surface area contributed by atoms with Crippen molar-refractivity contribution in [3.8, 4) is 0 Å². The first kappa shape index (κ1) is 10.3. The van der Waals surface area contributed by atoms with Crippen LogP contribution in [0, 0.1) is 0 Å². The van der Waals surface area contributed by atoms with Crippen LogP contribution >= 0.6 is 12.2 Å². The minimum Gasteiger partial charge on any atom is -0.302 e. The van der Waals surface area contributed by atoms with Gasteiger partial charge in [0.2, 0.25) is 5.91 Å².